The van der Waals surface area contributed by atoms with Crippen molar-refractivity contribution in [1.29, 1.82) is 0 Å². The second kappa shape index (κ2) is 7.99. The summed E-state index contributed by atoms with van der Waals surface area (Å²) in [7, 11) is 0. The van der Waals surface area contributed by atoms with Gasteiger partial charge >= 0.3 is 5.97 Å². The maximum absolute atomic E-state index is 12.5. The minimum absolute atomic E-state index is 0.240. The van der Waals surface area contributed by atoms with Gasteiger partial charge < -0.3 is 9.26 Å². The number of rotatable bonds is 6. The molecule has 5 nitrogen and oxygen atoms in total. The Balaban J connectivity index is 1.71. The van der Waals surface area contributed by atoms with Gasteiger partial charge in [-0.15, -0.1) is 0 Å². The summed E-state index contributed by atoms with van der Waals surface area (Å²) >= 11 is 0. The molecule has 0 unspecified atom stereocenters. The number of ketones is 1. The average Bonchev–Trinajstić information content (AvgIpc) is 3.08. The molecule has 0 amide bonds. The number of Topliss-reactive ketones (excluding diaryl/α,β-unsaturated/α-hetero) is 1. The van der Waals surface area contributed by atoms with Gasteiger partial charge in [-0.2, -0.15) is 0 Å². The molecular formula is C22H21NO4. The van der Waals surface area contributed by atoms with E-state index in [4.69, 9.17) is 9.26 Å². The van der Waals surface area contributed by atoms with Crippen LogP contribution in [0.5, 0.6) is 0 Å². The van der Waals surface area contributed by atoms with Crippen LogP contribution in [0.3, 0.4) is 0 Å². The van der Waals surface area contributed by atoms with E-state index in [1.165, 1.54) is 0 Å². The Morgan fingerprint density at radius 1 is 1.04 bits per heavy atom. The van der Waals surface area contributed by atoms with Crippen molar-refractivity contribution in [3.05, 3.63) is 77.0 Å². The molecule has 3 aromatic rings. The van der Waals surface area contributed by atoms with E-state index >= 15 is 0 Å². The van der Waals surface area contributed by atoms with Gasteiger partial charge in [-0.05, 0) is 18.4 Å². The van der Waals surface area contributed by atoms with Gasteiger partial charge in [-0.1, -0.05) is 73.6 Å². The molecule has 0 saturated carbocycles. The molecule has 5 heteroatoms. The molecular weight excluding hydrogens is 342 g/mol. The molecule has 2 aromatic carbocycles. The first kappa shape index (κ1) is 18.6. The highest BCUT2D eigenvalue weighted by Crippen LogP contribution is 2.25. The molecule has 138 valence electrons. The van der Waals surface area contributed by atoms with Crippen molar-refractivity contribution in [2.75, 3.05) is 6.61 Å². The number of nitrogens with zero attached hydrogens (tertiary/aromatic N) is 1. The molecule has 27 heavy (non-hydrogen) atoms. The van der Waals surface area contributed by atoms with Crippen LogP contribution in [0.15, 0.2) is 59.1 Å². The summed E-state index contributed by atoms with van der Waals surface area (Å²) in [6.45, 7) is 5.48. The van der Waals surface area contributed by atoms with E-state index in [-0.39, 0.29) is 18.0 Å². The number of hydrogen-bond donors (Lipinski definition) is 0. The van der Waals surface area contributed by atoms with Crippen molar-refractivity contribution in [1.82, 2.24) is 5.16 Å². The molecule has 0 radical (unpaired) electrons. The smallest absolute Gasteiger partial charge is 0.344 e. The van der Waals surface area contributed by atoms with Crippen molar-refractivity contribution in [2.45, 2.75) is 26.7 Å². The fraction of sp³-hybridized carbons (Fsp3) is 0.227. The lowest BCUT2D eigenvalue weighted by Crippen LogP contribution is -2.15. The monoisotopic (exact) mass is 363 g/mol. The maximum Gasteiger partial charge on any atom is 0.344 e. The minimum Gasteiger partial charge on any atom is -0.454 e. The first-order chi connectivity index (χ1) is 13.0. The fourth-order valence-electron chi connectivity index (χ4n) is 2.75. The number of ether oxygens (including phenoxy) is 1. The van der Waals surface area contributed by atoms with Crippen LogP contribution in [-0.4, -0.2) is 23.5 Å². The van der Waals surface area contributed by atoms with Crippen LogP contribution in [0, 0.1) is 6.92 Å². The van der Waals surface area contributed by atoms with Crippen LogP contribution in [0.1, 0.15) is 51.8 Å². The number of benzene rings is 2. The summed E-state index contributed by atoms with van der Waals surface area (Å²) in [5, 5.41) is 3.96. The van der Waals surface area contributed by atoms with Gasteiger partial charge in [0.15, 0.2) is 12.4 Å². The molecule has 0 bridgehead atoms. The SMILES string of the molecule is Cc1onc(-c2ccccc2)c1C(=O)OCC(=O)c1ccc(C(C)C)cc1. The van der Waals surface area contributed by atoms with Crippen LogP contribution in [0.25, 0.3) is 11.3 Å². The lowest BCUT2D eigenvalue weighted by atomic mass is 10.0. The first-order valence-electron chi connectivity index (χ1n) is 8.79. The van der Waals surface area contributed by atoms with E-state index in [1.54, 1.807) is 19.1 Å². The minimum atomic E-state index is -0.625. The van der Waals surface area contributed by atoms with Gasteiger partial charge in [0, 0.05) is 11.1 Å². The summed E-state index contributed by atoms with van der Waals surface area (Å²) in [6.07, 6.45) is 0. The highest BCUT2D eigenvalue weighted by Gasteiger charge is 2.23. The second-order valence-corrected chi connectivity index (χ2v) is 6.60. The molecule has 0 N–H and O–H groups in total. The standard InChI is InChI=1S/C22H21NO4/c1-14(2)16-9-11-17(12-10-16)19(24)13-26-22(25)20-15(3)27-23-21(20)18-7-5-4-6-8-18/h4-12,14H,13H2,1-3H3. The van der Waals surface area contributed by atoms with Crippen LogP contribution in [-0.2, 0) is 4.74 Å². The third-order valence-corrected chi connectivity index (χ3v) is 4.35. The van der Waals surface area contributed by atoms with E-state index in [1.807, 2.05) is 42.5 Å². The molecule has 0 spiro atoms. The van der Waals surface area contributed by atoms with Gasteiger partial charge in [0.05, 0.1) is 0 Å². The number of aromatic nitrogens is 1. The van der Waals surface area contributed by atoms with E-state index < -0.39 is 5.97 Å². The van der Waals surface area contributed by atoms with Gasteiger partial charge in [-0.3, -0.25) is 4.79 Å². The van der Waals surface area contributed by atoms with Crippen molar-refractivity contribution in [3.8, 4) is 11.3 Å². The molecule has 0 aliphatic rings. The molecule has 0 aliphatic carbocycles. The summed E-state index contributed by atoms with van der Waals surface area (Å²) < 4.78 is 10.4. The van der Waals surface area contributed by atoms with Crippen molar-refractivity contribution in [3.63, 3.8) is 0 Å². The predicted octanol–water partition coefficient (Wildman–Crippen LogP) is 4.81. The molecule has 1 aromatic heterocycles. The number of carbonyl (C=O) groups excluding carboxylic acids is 2. The van der Waals surface area contributed by atoms with Gasteiger partial charge in [0.1, 0.15) is 17.0 Å². The summed E-state index contributed by atoms with van der Waals surface area (Å²) in [4.78, 5) is 24.8. The Morgan fingerprint density at radius 3 is 2.33 bits per heavy atom. The Hall–Kier alpha value is -3.21. The molecule has 0 atom stereocenters. The Bertz CT molecular complexity index is 940. The normalized spacial score (nSPS) is 10.8. The molecule has 0 fully saturated rings. The zero-order chi connectivity index (χ0) is 19.4. The Labute approximate surface area is 158 Å². The van der Waals surface area contributed by atoms with E-state index in [2.05, 4.69) is 19.0 Å². The Kier molecular flexibility index (Phi) is 5.50. The number of hydrogen-bond acceptors (Lipinski definition) is 5. The third-order valence-electron chi connectivity index (χ3n) is 4.35. The van der Waals surface area contributed by atoms with E-state index in [0.717, 1.165) is 11.1 Å². The van der Waals surface area contributed by atoms with E-state index in [9.17, 15) is 9.59 Å². The van der Waals surface area contributed by atoms with Crippen molar-refractivity contribution < 1.29 is 18.8 Å². The molecule has 1 heterocycles. The van der Waals surface area contributed by atoms with E-state index in [0.29, 0.717) is 22.9 Å². The number of aryl methyl sites for hydroxylation is 1. The average molecular weight is 363 g/mol. The van der Waals surface area contributed by atoms with Crippen LogP contribution < -0.4 is 0 Å². The van der Waals surface area contributed by atoms with Crippen LogP contribution >= 0.6 is 0 Å². The topological polar surface area (TPSA) is 69.4 Å². The number of esters is 1. The predicted molar refractivity (Wildman–Crippen MR) is 102 cm³/mol. The summed E-state index contributed by atoms with van der Waals surface area (Å²) in [6, 6.07) is 16.6. The van der Waals surface area contributed by atoms with Gasteiger partial charge in [0.25, 0.3) is 0 Å². The lowest BCUT2D eigenvalue weighted by Gasteiger charge is -2.07. The van der Waals surface area contributed by atoms with Gasteiger partial charge in [0.2, 0.25) is 0 Å². The zero-order valence-electron chi connectivity index (χ0n) is 15.6. The zero-order valence-corrected chi connectivity index (χ0v) is 15.6. The maximum atomic E-state index is 12.5. The Morgan fingerprint density at radius 2 is 1.70 bits per heavy atom. The highest BCUT2D eigenvalue weighted by molar-refractivity contribution is 6.01. The van der Waals surface area contributed by atoms with Crippen molar-refractivity contribution in [2.24, 2.45) is 0 Å². The van der Waals surface area contributed by atoms with Crippen molar-refractivity contribution >= 4 is 11.8 Å². The molecule has 0 aliphatic heterocycles. The first-order valence-corrected chi connectivity index (χ1v) is 8.79. The fourth-order valence-corrected chi connectivity index (χ4v) is 2.75. The lowest BCUT2D eigenvalue weighted by molar-refractivity contribution is 0.0473. The summed E-state index contributed by atoms with van der Waals surface area (Å²) in [5.74, 6) is -0.138. The second-order valence-electron chi connectivity index (χ2n) is 6.60. The highest BCUT2D eigenvalue weighted by atomic mass is 16.5. The third kappa shape index (κ3) is 4.14. The quantitative estimate of drug-likeness (QED) is 0.464. The number of carbonyl (C=O) groups is 2. The molecule has 0 saturated heterocycles. The largest absolute Gasteiger partial charge is 0.454 e. The van der Waals surface area contributed by atoms with Crippen LogP contribution in [0.2, 0.25) is 0 Å². The van der Waals surface area contributed by atoms with Crippen LogP contribution in [0.4, 0.5) is 0 Å². The summed E-state index contributed by atoms with van der Waals surface area (Å²) in [5.41, 5.74) is 3.06. The van der Waals surface area contributed by atoms with Gasteiger partial charge in [-0.25, -0.2) is 4.79 Å². The molecule has 3 rings (SSSR count).